The van der Waals surface area contributed by atoms with Crippen LogP contribution in [0.1, 0.15) is 24.0 Å². The Morgan fingerprint density at radius 3 is 2.70 bits per heavy atom. The molecule has 3 heteroatoms. The number of hydrogen-bond donors (Lipinski definition) is 1. The molecule has 0 radical (unpaired) electrons. The predicted molar refractivity (Wildman–Crippen MR) is 86.5 cm³/mol. The molecule has 0 fully saturated rings. The quantitative estimate of drug-likeness (QED) is 0.880. The van der Waals surface area contributed by atoms with Crippen molar-refractivity contribution in [2.24, 2.45) is 0 Å². The number of nitrogens with zero attached hydrogens (tertiary/aromatic N) is 1. The van der Waals surface area contributed by atoms with Crippen LogP contribution in [-0.2, 0) is 13.0 Å². The summed E-state index contributed by atoms with van der Waals surface area (Å²) in [5.41, 5.74) is 4.84. The second-order valence-electron chi connectivity index (χ2n) is 5.18. The van der Waals surface area contributed by atoms with E-state index < -0.39 is 0 Å². The summed E-state index contributed by atoms with van der Waals surface area (Å²) in [7, 11) is 0. The van der Waals surface area contributed by atoms with E-state index in [4.69, 9.17) is 0 Å². The summed E-state index contributed by atoms with van der Waals surface area (Å²) in [4.78, 5) is 2.38. The first kappa shape index (κ1) is 13.7. The Morgan fingerprint density at radius 1 is 1.05 bits per heavy atom. The lowest BCUT2D eigenvalue weighted by molar-refractivity contribution is 0.282. The third-order valence-electron chi connectivity index (χ3n) is 3.85. The van der Waals surface area contributed by atoms with Crippen LogP contribution in [0.2, 0.25) is 0 Å². The zero-order valence-electron chi connectivity index (χ0n) is 11.3. The minimum absolute atomic E-state index is 0.0788. The van der Waals surface area contributed by atoms with Gasteiger partial charge in [-0.3, -0.25) is 0 Å². The first-order valence-corrected chi connectivity index (χ1v) is 7.83. The Morgan fingerprint density at radius 2 is 1.90 bits per heavy atom. The van der Waals surface area contributed by atoms with Gasteiger partial charge in [-0.25, -0.2) is 0 Å². The van der Waals surface area contributed by atoms with Crippen LogP contribution in [-0.4, -0.2) is 11.7 Å². The van der Waals surface area contributed by atoms with Crippen molar-refractivity contribution in [3.05, 3.63) is 58.1 Å². The van der Waals surface area contributed by atoms with Crippen LogP contribution in [0.25, 0.3) is 0 Å². The number of aliphatic hydroxyl groups is 1. The van der Waals surface area contributed by atoms with Gasteiger partial charge in [-0.05, 0) is 64.5 Å². The van der Waals surface area contributed by atoms with E-state index in [1.165, 1.54) is 29.8 Å². The average molecular weight is 332 g/mol. The average Bonchev–Trinajstić information content (AvgIpc) is 2.69. The highest BCUT2D eigenvalue weighted by molar-refractivity contribution is 9.10. The molecule has 1 N–H and O–H groups in total. The van der Waals surface area contributed by atoms with Gasteiger partial charge in [0.05, 0.1) is 12.3 Å². The number of hydrogen-bond acceptors (Lipinski definition) is 2. The highest BCUT2D eigenvalue weighted by Gasteiger charge is 2.18. The number of rotatable bonds is 2. The molecule has 0 spiro atoms. The van der Waals surface area contributed by atoms with E-state index in [2.05, 4.69) is 51.2 Å². The SMILES string of the molecule is OCc1ccc(N2CCCCc3ccccc32)c(Br)c1. The number of aliphatic hydroxyl groups excluding tert-OH is 1. The standard InChI is InChI=1S/C17H18BrNO/c18-15-11-13(12-20)8-9-17(15)19-10-4-3-6-14-5-1-2-7-16(14)19/h1-2,5,7-9,11,20H,3-4,6,10,12H2. The molecule has 104 valence electrons. The highest BCUT2D eigenvalue weighted by Crippen LogP contribution is 2.36. The van der Waals surface area contributed by atoms with E-state index in [1.807, 2.05) is 12.1 Å². The number of benzene rings is 2. The van der Waals surface area contributed by atoms with Crippen molar-refractivity contribution in [1.29, 1.82) is 0 Å². The molecule has 2 nitrogen and oxygen atoms in total. The Hall–Kier alpha value is -1.32. The molecule has 1 heterocycles. The lowest BCUT2D eigenvalue weighted by Crippen LogP contribution is -2.18. The molecule has 2 aromatic rings. The fraction of sp³-hybridized carbons (Fsp3) is 0.294. The first-order chi connectivity index (χ1) is 9.79. The van der Waals surface area contributed by atoms with E-state index in [0.29, 0.717) is 0 Å². The Bertz CT molecular complexity index is 612. The summed E-state index contributed by atoms with van der Waals surface area (Å²) in [5, 5.41) is 9.23. The second kappa shape index (κ2) is 5.98. The van der Waals surface area contributed by atoms with Crippen molar-refractivity contribution in [3.8, 4) is 0 Å². The molecule has 0 unspecified atom stereocenters. The Balaban J connectivity index is 2.05. The molecule has 0 aromatic heterocycles. The maximum atomic E-state index is 9.23. The van der Waals surface area contributed by atoms with Gasteiger partial charge in [-0.15, -0.1) is 0 Å². The lowest BCUT2D eigenvalue weighted by Gasteiger charge is -2.26. The summed E-state index contributed by atoms with van der Waals surface area (Å²) in [6.45, 7) is 1.11. The molecule has 0 saturated carbocycles. The van der Waals surface area contributed by atoms with Gasteiger partial charge in [0.15, 0.2) is 0 Å². The smallest absolute Gasteiger partial charge is 0.0682 e. The molecule has 1 aliphatic rings. The van der Waals surface area contributed by atoms with Crippen LogP contribution in [0.5, 0.6) is 0 Å². The largest absolute Gasteiger partial charge is 0.392 e. The Labute approximate surface area is 128 Å². The predicted octanol–water partition coefficient (Wildman–Crippen LogP) is 4.42. The highest BCUT2D eigenvalue weighted by atomic mass is 79.9. The lowest BCUT2D eigenvalue weighted by atomic mass is 10.1. The third kappa shape index (κ3) is 2.60. The van der Waals surface area contributed by atoms with E-state index in [1.54, 1.807) is 0 Å². The summed E-state index contributed by atoms with van der Waals surface area (Å²) in [6, 6.07) is 14.7. The van der Waals surface area contributed by atoms with Gasteiger partial charge in [0.2, 0.25) is 0 Å². The molecule has 20 heavy (non-hydrogen) atoms. The van der Waals surface area contributed by atoms with Gasteiger partial charge in [-0.2, -0.15) is 0 Å². The van der Waals surface area contributed by atoms with Gasteiger partial charge in [-0.1, -0.05) is 24.3 Å². The molecule has 0 amide bonds. The van der Waals surface area contributed by atoms with Gasteiger partial charge in [0.25, 0.3) is 0 Å². The number of para-hydroxylation sites is 1. The van der Waals surface area contributed by atoms with Crippen LogP contribution < -0.4 is 4.90 Å². The van der Waals surface area contributed by atoms with Crippen LogP contribution >= 0.6 is 15.9 Å². The van der Waals surface area contributed by atoms with Gasteiger partial charge in [0, 0.05) is 16.7 Å². The molecule has 2 aromatic carbocycles. The van der Waals surface area contributed by atoms with Crippen molar-refractivity contribution in [2.45, 2.75) is 25.9 Å². The fourth-order valence-corrected chi connectivity index (χ4v) is 3.45. The minimum atomic E-state index is 0.0788. The summed E-state index contributed by atoms with van der Waals surface area (Å²) >= 11 is 3.65. The number of aryl methyl sites for hydroxylation is 1. The minimum Gasteiger partial charge on any atom is -0.392 e. The van der Waals surface area contributed by atoms with Crippen LogP contribution in [0.4, 0.5) is 11.4 Å². The summed E-state index contributed by atoms with van der Waals surface area (Å²) < 4.78 is 1.04. The van der Waals surface area contributed by atoms with Crippen molar-refractivity contribution in [1.82, 2.24) is 0 Å². The molecule has 0 bridgehead atoms. The topological polar surface area (TPSA) is 23.5 Å². The molecule has 0 aliphatic carbocycles. The van der Waals surface area contributed by atoms with Crippen molar-refractivity contribution in [2.75, 3.05) is 11.4 Å². The molecule has 1 aliphatic heterocycles. The number of anilines is 2. The van der Waals surface area contributed by atoms with E-state index in [-0.39, 0.29) is 6.61 Å². The van der Waals surface area contributed by atoms with Crippen molar-refractivity contribution in [3.63, 3.8) is 0 Å². The summed E-state index contributed by atoms with van der Waals surface area (Å²) in [5.74, 6) is 0. The molecule has 0 saturated heterocycles. The van der Waals surface area contributed by atoms with Gasteiger partial charge < -0.3 is 10.0 Å². The van der Waals surface area contributed by atoms with Gasteiger partial charge in [0.1, 0.15) is 0 Å². The Kier molecular flexibility index (Phi) is 4.08. The maximum Gasteiger partial charge on any atom is 0.0682 e. The summed E-state index contributed by atoms with van der Waals surface area (Å²) in [6.07, 6.45) is 3.59. The van der Waals surface area contributed by atoms with Gasteiger partial charge >= 0.3 is 0 Å². The third-order valence-corrected chi connectivity index (χ3v) is 4.48. The maximum absolute atomic E-state index is 9.23. The van der Waals surface area contributed by atoms with Crippen LogP contribution in [0.3, 0.4) is 0 Å². The normalized spacial score (nSPS) is 14.8. The monoisotopic (exact) mass is 331 g/mol. The number of fused-ring (bicyclic) bond motifs is 1. The van der Waals surface area contributed by atoms with E-state index in [9.17, 15) is 5.11 Å². The molecule has 3 rings (SSSR count). The van der Waals surface area contributed by atoms with E-state index >= 15 is 0 Å². The van der Waals surface area contributed by atoms with Crippen molar-refractivity contribution >= 4 is 27.3 Å². The van der Waals surface area contributed by atoms with Crippen LogP contribution in [0.15, 0.2) is 46.9 Å². The second-order valence-corrected chi connectivity index (χ2v) is 6.04. The zero-order chi connectivity index (χ0) is 13.9. The fourth-order valence-electron chi connectivity index (χ4n) is 2.81. The molecule has 0 atom stereocenters. The van der Waals surface area contributed by atoms with Crippen LogP contribution in [0, 0.1) is 0 Å². The van der Waals surface area contributed by atoms with E-state index in [0.717, 1.165) is 23.0 Å². The first-order valence-electron chi connectivity index (χ1n) is 7.04. The molecular formula is C17H18BrNO. The zero-order valence-corrected chi connectivity index (χ0v) is 12.9. The van der Waals surface area contributed by atoms with Crippen molar-refractivity contribution < 1.29 is 5.11 Å². The number of halogens is 1. The molecular weight excluding hydrogens is 314 g/mol.